The molecule has 0 aliphatic rings. The van der Waals surface area contributed by atoms with Crippen LogP contribution in [0.2, 0.25) is 0 Å². The van der Waals surface area contributed by atoms with Crippen LogP contribution in [0.1, 0.15) is 0 Å². The number of rotatable bonds is 7. The maximum Gasteiger partial charge on any atom is 0.574 e. The third-order valence-electron chi connectivity index (χ3n) is 2.55. The minimum Gasteiger partial charge on any atom is -0.397 e. The Labute approximate surface area is 195 Å². The molecule has 3 nitrogen and oxygen atoms in total. The monoisotopic (exact) mass is 639 g/mol. The molecule has 0 unspecified atom stereocenters. The van der Waals surface area contributed by atoms with Crippen molar-refractivity contribution in [2.24, 2.45) is 0 Å². The zero-order valence-corrected chi connectivity index (χ0v) is 16.5. The number of alkyl halides is 13. The summed E-state index contributed by atoms with van der Waals surface area (Å²) >= 11 is 0. The second kappa shape index (κ2) is 13.7. The Kier molecular flexibility index (Phi) is 14.1. The highest BCUT2D eigenvalue weighted by Gasteiger charge is 2.88. The number of halogens is 23. The van der Waals surface area contributed by atoms with Crippen LogP contribution in [0.15, 0.2) is 36.3 Å². The fraction of sp³-hybridized carbons (Fsp3) is 0.462. The average Bonchev–Trinajstić information content (AvgIpc) is 2.72. The second-order valence-electron chi connectivity index (χ2n) is 5.17. The molecule has 0 rings (SSSR count). The van der Waals surface area contributed by atoms with Gasteiger partial charge in [0.25, 0.3) is 0 Å². The molecule has 26 heteroatoms. The maximum atomic E-state index is 12.8. The Morgan fingerprint density at radius 2 is 0.744 bits per heavy atom. The van der Waals surface area contributed by atoms with Crippen LogP contribution in [0.5, 0.6) is 0 Å². The van der Waals surface area contributed by atoms with Crippen molar-refractivity contribution in [3.63, 3.8) is 0 Å². The summed E-state index contributed by atoms with van der Waals surface area (Å²) in [4.78, 5) is 0. The molecule has 0 aromatic heterocycles. The lowest BCUT2D eigenvalue weighted by Gasteiger charge is -2.36. The van der Waals surface area contributed by atoms with Gasteiger partial charge in [-0.2, -0.15) is 93.1 Å². The van der Waals surface area contributed by atoms with Crippen molar-refractivity contribution in [1.29, 1.82) is 5.26 Å². The molecule has 0 fully saturated rings. The molecule has 0 atom stereocenters. The Hall–Kier alpha value is -3.30. The smallest absolute Gasteiger partial charge is 0.397 e. The minimum atomic E-state index is -7.71. The van der Waals surface area contributed by atoms with Gasteiger partial charge in [0.15, 0.2) is 0 Å². The first-order chi connectivity index (χ1) is 16.9. The zero-order valence-electron chi connectivity index (χ0n) is 16.5. The maximum absolute atomic E-state index is 12.8. The first-order valence-electron chi connectivity index (χ1n) is 7.39. The van der Waals surface area contributed by atoms with Crippen molar-refractivity contribution >= 4 is 0 Å². The van der Waals surface area contributed by atoms with Crippen molar-refractivity contribution < 1.29 is 110 Å². The van der Waals surface area contributed by atoms with Gasteiger partial charge in [0.05, 0.1) is 0 Å². The summed E-state index contributed by atoms with van der Waals surface area (Å²) in [7, 11) is 0. The summed E-state index contributed by atoms with van der Waals surface area (Å²) in [6, 6.07) is -7.59. The lowest BCUT2D eigenvalue weighted by atomic mass is 9.98. The standard InChI is InChI=1S/C8F13NO.C3F6O.C2F4/c9-2(10)3(11)23-8(20,21)7(18,19)6(16,17)5(14,15)4(12,13)1-22;4-1(5)2(6)10-3(7,8)9;3-1(4)2(5)6. The largest absolute Gasteiger partial charge is 0.574 e. The Bertz CT molecular complexity index is 928. The van der Waals surface area contributed by atoms with E-state index >= 15 is 0 Å². The fourth-order valence-electron chi connectivity index (χ4n) is 1.00. The van der Waals surface area contributed by atoms with E-state index in [0.717, 1.165) is 0 Å². The molecule has 0 aromatic rings. The van der Waals surface area contributed by atoms with Crippen molar-refractivity contribution in [1.82, 2.24) is 0 Å². The summed E-state index contributed by atoms with van der Waals surface area (Å²) in [5, 5.41) is 7.54. The van der Waals surface area contributed by atoms with Gasteiger partial charge in [0, 0.05) is 0 Å². The van der Waals surface area contributed by atoms with E-state index in [1.165, 1.54) is 0 Å². The highest BCUT2D eigenvalue weighted by molar-refractivity contribution is 5.13. The van der Waals surface area contributed by atoms with Gasteiger partial charge in [0.2, 0.25) is 0 Å². The number of hydrogen-bond donors (Lipinski definition) is 0. The van der Waals surface area contributed by atoms with E-state index in [9.17, 15) is 101 Å². The molecule has 0 aliphatic heterocycles. The molecule has 0 bridgehead atoms. The summed E-state index contributed by atoms with van der Waals surface area (Å²) in [6.07, 6.45) is -25.3. The lowest BCUT2D eigenvalue weighted by molar-refractivity contribution is -0.437. The van der Waals surface area contributed by atoms with Gasteiger partial charge in [-0.15, -0.1) is 13.2 Å². The first kappa shape index (κ1) is 40.2. The van der Waals surface area contributed by atoms with Crippen LogP contribution >= 0.6 is 0 Å². The van der Waals surface area contributed by atoms with Crippen LogP contribution in [-0.2, 0) is 9.47 Å². The van der Waals surface area contributed by atoms with Gasteiger partial charge in [0.1, 0.15) is 6.07 Å². The van der Waals surface area contributed by atoms with Gasteiger partial charge in [-0.1, -0.05) is 0 Å². The molecular formula is C13F23NO2. The molecule has 0 saturated heterocycles. The normalized spacial score (nSPS) is 12.5. The highest BCUT2D eigenvalue weighted by atomic mass is 19.4. The van der Waals surface area contributed by atoms with Crippen LogP contribution in [0, 0.1) is 11.3 Å². The van der Waals surface area contributed by atoms with E-state index < -0.39 is 78.6 Å². The van der Waals surface area contributed by atoms with E-state index in [4.69, 9.17) is 5.26 Å². The molecule has 0 heterocycles. The first-order valence-corrected chi connectivity index (χ1v) is 7.39. The van der Waals surface area contributed by atoms with Gasteiger partial charge < -0.3 is 9.47 Å². The second-order valence-corrected chi connectivity index (χ2v) is 5.17. The number of hydrogen-bond acceptors (Lipinski definition) is 3. The molecular weight excluding hydrogens is 639 g/mol. The van der Waals surface area contributed by atoms with Crippen molar-refractivity contribution in [3.05, 3.63) is 36.3 Å². The van der Waals surface area contributed by atoms with E-state index in [2.05, 4.69) is 4.74 Å². The van der Waals surface area contributed by atoms with Crippen LogP contribution in [0.4, 0.5) is 101 Å². The van der Waals surface area contributed by atoms with E-state index in [-0.39, 0.29) is 0 Å². The fourth-order valence-corrected chi connectivity index (χ4v) is 1.00. The van der Waals surface area contributed by atoms with E-state index in [0.29, 0.717) is 0 Å². The Balaban J connectivity index is -0.000000661. The summed E-state index contributed by atoms with van der Waals surface area (Å²) in [5.41, 5.74) is 0. The summed E-state index contributed by atoms with van der Waals surface area (Å²) < 4.78 is 272. The summed E-state index contributed by atoms with van der Waals surface area (Å²) in [6.45, 7) is 0. The van der Waals surface area contributed by atoms with Crippen molar-refractivity contribution in [3.8, 4) is 6.07 Å². The molecule has 0 spiro atoms. The SMILES string of the molecule is FC(F)=C(F)F.FC(F)=C(F)OC(F)(F)F.N#CC(F)(F)C(F)(F)C(F)(F)C(F)(F)C(F)(F)OC(F)=C(F)F. The Morgan fingerprint density at radius 3 is 0.949 bits per heavy atom. The van der Waals surface area contributed by atoms with Gasteiger partial charge >= 0.3 is 72.5 Å². The van der Waals surface area contributed by atoms with E-state index in [1.807, 2.05) is 4.74 Å². The molecule has 0 aromatic carbocycles. The topological polar surface area (TPSA) is 42.2 Å². The van der Waals surface area contributed by atoms with Crippen LogP contribution < -0.4 is 0 Å². The predicted molar refractivity (Wildman–Crippen MR) is 70.7 cm³/mol. The molecule has 0 N–H and O–H groups in total. The minimum absolute atomic E-state index is 0.816. The van der Waals surface area contributed by atoms with E-state index in [1.54, 1.807) is 0 Å². The Morgan fingerprint density at radius 1 is 0.436 bits per heavy atom. The third kappa shape index (κ3) is 11.1. The zero-order chi connectivity index (χ0) is 32.6. The van der Waals surface area contributed by atoms with Crippen molar-refractivity contribution in [2.45, 2.75) is 36.2 Å². The highest BCUT2D eigenvalue weighted by Crippen LogP contribution is 2.57. The third-order valence-corrected chi connectivity index (χ3v) is 2.55. The average molecular weight is 639 g/mol. The van der Waals surface area contributed by atoms with Gasteiger partial charge in [-0.05, 0) is 0 Å². The molecule has 0 saturated carbocycles. The number of nitrogens with zero attached hydrogens (tertiary/aromatic N) is 1. The quantitative estimate of drug-likeness (QED) is 0.206. The molecule has 0 radical (unpaired) electrons. The van der Waals surface area contributed by atoms with Crippen LogP contribution in [-0.4, -0.2) is 36.2 Å². The number of ether oxygens (including phenoxy) is 2. The van der Waals surface area contributed by atoms with Crippen LogP contribution in [0.25, 0.3) is 0 Å². The molecule has 39 heavy (non-hydrogen) atoms. The van der Waals surface area contributed by atoms with Crippen molar-refractivity contribution in [2.75, 3.05) is 0 Å². The lowest BCUT2D eigenvalue weighted by Crippen LogP contribution is -2.67. The van der Waals surface area contributed by atoms with Gasteiger partial charge in [-0.3, -0.25) is 0 Å². The number of nitriles is 1. The molecule has 0 aliphatic carbocycles. The predicted octanol–water partition coefficient (Wildman–Crippen LogP) is 9.24. The van der Waals surface area contributed by atoms with Gasteiger partial charge in [-0.25, -0.2) is 0 Å². The molecule has 230 valence electrons. The molecule has 0 amide bonds. The van der Waals surface area contributed by atoms with Crippen LogP contribution in [0.3, 0.4) is 0 Å². The summed E-state index contributed by atoms with van der Waals surface area (Å²) in [5.74, 6) is -29.3.